The van der Waals surface area contributed by atoms with E-state index in [0.717, 1.165) is 41.9 Å². The molecular formula is C21H24Cl2N2O3. The maximum atomic E-state index is 10.6. The molecule has 1 saturated heterocycles. The van der Waals surface area contributed by atoms with Crippen LogP contribution in [-0.4, -0.2) is 34.0 Å². The molecule has 28 heavy (non-hydrogen) atoms. The number of aryl methyl sites for hydroxylation is 1. The fourth-order valence-electron chi connectivity index (χ4n) is 3.49. The van der Waals surface area contributed by atoms with Crippen molar-refractivity contribution in [3.05, 3.63) is 58.9 Å². The molecule has 2 unspecified atom stereocenters. The van der Waals surface area contributed by atoms with E-state index in [9.17, 15) is 5.11 Å². The fourth-order valence-corrected chi connectivity index (χ4v) is 3.78. The van der Waals surface area contributed by atoms with Crippen molar-refractivity contribution in [3.63, 3.8) is 0 Å². The molecule has 1 aliphatic heterocycles. The zero-order chi connectivity index (χ0) is 18.8. The van der Waals surface area contributed by atoms with Crippen molar-refractivity contribution in [2.45, 2.75) is 38.5 Å². The molecule has 5 nitrogen and oxygen atoms in total. The highest BCUT2D eigenvalue weighted by Gasteiger charge is 2.25. The molecular weight excluding hydrogens is 399 g/mol. The maximum absolute atomic E-state index is 10.6. The second-order valence-electron chi connectivity index (χ2n) is 6.97. The lowest BCUT2D eigenvalue weighted by molar-refractivity contribution is 0.0806. The van der Waals surface area contributed by atoms with Gasteiger partial charge in [0, 0.05) is 6.61 Å². The summed E-state index contributed by atoms with van der Waals surface area (Å²) in [6, 6.07) is 13.6. The zero-order valence-electron chi connectivity index (χ0n) is 15.7. The van der Waals surface area contributed by atoms with Gasteiger partial charge in [-0.05, 0) is 49.6 Å². The molecule has 2 heterocycles. The second-order valence-corrected chi connectivity index (χ2v) is 7.38. The molecule has 1 aromatic heterocycles. The Balaban J connectivity index is 0.00000225. The van der Waals surface area contributed by atoms with Gasteiger partial charge in [-0.3, -0.25) is 0 Å². The molecule has 4 rings (SSSR count). The number of nitrogens with zero attached hydrogens (tertiary/aromatic N) is 2. The number of benzene rings is 2. The Morgan fingerprint density at radius 3 is 2.89 bits per heavy atom. The van der Waals surface area contributed by atoms with E-state index < -0.39 is 6.10 Å². The molecule has 1 N–H and O–H groups in total. The summed E-state index contributed by atoms with van der Waals surface area (Å²) in [6.07, 6.45) is 1.28. The summed E-state index contributed by atoms with van der Waals surface area (Å²) in [5.74, 6) is 1.46. The lowest BCUT2D eigenvalue weighted by atomic mass is 10.2. The largest absolute Gasteiger partial charge is 0.489 e. The summed E-state index contributed by atoms with van der Waals surface area (Å²) in [5, 5.41) is 11.1. The Hall–Kier alpha value is -1.79. The molecule has 1 fully saturated rings. The Morgan fingerprint density at radius 1 is 1.32 bits per heavy atom. The molecule has 7 heteroatoms. The Morgan fingerprint density at radius 2 is 2.14 bits per heavy atom. The van der Waals surface area contributed by atoms with Crippen LogP contribution < -0.4 is 4.74 Å². The summed E-state index contributed by atoms with van der Waals surface area (Å²) in [4.78, 5) is 4.75. The maximum Gasteiger partial charge on any atom is 0.139 e. The number of halogens is 2. The number of fused-ring (bicyclic) bond motifs is 1. The van der Waals surface area contributed by atoms with Crippen molar-refractivity contribution in [2.24, 2.45) is 0 Å². The van der Waals surface area contributed by atoms with Crippen LogP contribution in [0.3, 0.4) is 0 Å². The van der Waals surface area contributed by atoms with Gasteiger partial charge in [-0.25, -0.2) is 4.98 Å². The van der Waals surface area contributed by atoms with Crippen molar-refractivity contribution in [1.29, 1.82) is 0 Å². The topological polar surface area (TPSA) is 56.5 Å². The quantitative estimate of drug-likeness (QED) is 0.624. The zero-order valence-corrected chi connectivity index (χ0v) is 17.2. The van der Waals surface area contributed by atoms with Crippen LogP contribution in [0, 0.1) is 6.92 Å². The first kappa shape index (κ1) is 20.9. The minimum absolute atomic E-state index is 0. The van der Waals surface area contributed by atoms with Gasteiger partial charge in [-0.15, -0.1) is 12.4 Å². The third-order valence-electron chi connectivity index (χ3n) is 4.81. The van der Waals surface area contributed by atoms with Crippen LogP contribution in [0.1, 0.15) is 30.3 Å². The molecule has 2 atom stereocenters. The number of aliphatic hydroxyl groups excluding tert-OH is 1. The Bertz CT molecular complexity index is 939. The SMILES string of the molecule is Cc1ccc(OCC(O)Cn2c(C3CCCO3)nc3ccccc32)c(Cl)c1.Cl. The highest BCUT2D eigenvalue weighted by molar-refractivity contribution is 6.32. The van der Waals surface area contributed by atoms with Crippen molar-refractivity contribution in [3.8, 4) is 5.75 Å². The fraction of sp³-hybridized carbons (Fsp3) is 0.381. The highest BCUT2D eigenvalue weighted by Crippen LogP contribution is 2.31. The number of para-hydroxylation sites is 2. The van der Waals surface area contributed by atoms with E-state index in [1.54, 1.807) is 0 Å². The number of imidazole rings is 1. The van der Waals surface area contributed by atoms with E-state index in [4.69, 9.17) is 26.1 Å². The van der Waals surface area contributed by atoms with Crippen LogP contribution in [0.5, 0.6) is 5.75 Å². The van der Waals surface area contributed by atoms with Crippen molar-refractivity contribution in [2.75, 3.05) is 13.2 Å². The monoisotopic (exact) mass is 422 g/mol. The van der Waals surface area contributed by atoms with Gasteiger partial charge in [0.2, 0.25) is 0 Å². The number of aliphatic hydroxyl groups is 1. The minimum Gasteiger partial charge on any atom is -0.489 e. The van der Waals surface area contributed by atoms with Gasteiger partial charge in [-0.1, -0.05) is 29.8 Å². The third-order valence-corrected chi connectivity index (χ3v) is 5.11. The van der Waals surface area contributed by atoms with Gasteiger partial charge in [0.15, 0.2) is 0 Å². The van der Waals surface area contributed by atoms with E-state index >= 15 is 0 Å². The van der Waals surface area contributed by atoms with Crippen LogP contribution in [0.15, 0.2) is 42.5 Å². The lowest BCUT2D eigenvalue weighted by Crippen LogP contribution is -2.25. The average molecular weight is 423 g/mol. The molecule has 0 saturated carbocycles. The molecule has 0 radical (unpaired) electrons. The third kappa shape index (κ3) is 4.44. The van der Waals surface area contributed by atoms with Gasteiger partial charge < -0.3 is 19.1 Å². The molecule has 0 spiro atoms. The van der Waals surface area contributed by atoms with E-state index in [0.29, 0.717) is 17.3 Å². The number of aromatic nitrogens is 2. The number of rotatable bonds is 6. The molecule has 1 aliphatic rings. The van der Waals surface area contributed by atoms with Gasteiger partial charge in [0.25, 0.3) is 0 Å². The molecule has 0 amide bonds. The van der Waals surface area contributed by atoms with Crippen LogP contribution >= 0.6 is 24.0 Å². The number of hydrogen-bond donors (Lipinski definition) is 1. The summed E-state index contributed by atoms with van der Waals surface area (Å²) < 4.78 is 13.6. The van der Waals surface area contributed by atoms with Crippen LogP contribution in [0.4, 0.5) is 0 Å². The first-order valence-electron chi connectivity index (χ1n) is 9.25. The highest BCUT2D eigenvalue weighted by atomic mass is 35.5. The van der Waals surface area contributed by atoms with Gasteiger partial charge in [0.05, 0.1) is 22.6 Å². The van der Waals surface area contributed by atoms with E-state index in [1.165, 1.54) is 0 Å². The molecule has 0 bridgehead atoms. The minimum atomic E-state index is -0.694. The van der Waals surface area contributed by atoms with E-state index in [-0.39, 0.29) is 25.1 Å². The number of ether oxygens (including phenoxy) is 2. The van der Waals surface area contributed by atoms with Crippen molar-refractivity contribution < 1.29 is 14.6 Å². The number of hydrogen-bond acceptors (Lipinski definition) is 4. The van der Waals surface area contributed by atoms with Gasteiger partial charge in [0.1, 0.15) is 30.4 Å². The van der Waals surface area contributed by atoms with E-state index in [1.807, 2.05) is 49.4 Å². The predicted octanol–water partition coefficient (Wildman–Crippen LogP) is 4.71. The first-order chi connectivity index (χ1) is 13.1. The van der Waals surface area contributed by atoms with Crippen LogP contribution in [-0.2, 0) is 11.3 Å². The first-order valence-corrected chi connectivity index (χ1v) is 9.63. The summed E-state index contributed by atoms with van der Waals surface area (Å²) in [5.41, 5.74) is 2.98. The van der Waals surface area contributed by atoms with Crippen molar-refractivity contribution in [1.82, 2.24) is 9.55 Å². The Kier molecular flexibility index (Phi) is 6.83. The molecule has 150 valence electrons. The van der Waals surface area contributed by atoms with Crippen molar-refractivity contribution >= 4 is 35.0 Å². The lowest BCUT2D eigenvalue weighted by Gasteiger charge is -2.18. The van der Waals surface area contributed by atoms with E-state index in [2.05, 4.69) is 4.57 Å². The summed E-state index contributed by atoms with van der Waals surface area (Å²) in [6.45, 7) is 3.27. The van der Waals surface area contributed by atoms with Crippen LogP contribution in [0.25, 0.3) is 11.0 Å². The summed E-state index contributed by atoms with van der Waals surface area (Å²) in [7, 11) is 0. The molecule has 0 aliphatic carbocycles. The van der Waals surface area contributed by atoms with Gasteiger partial charge >= 0.3 is 0 Å². The normalized spacial score (nSPS) is 17.5. The van der Waals surface area contributed by atoms with Crippen LogP contribution in [0.2, 0.25) is 5.02 Å². The second kappa shape index (κ2) is 9.14. The Labute approximate surface area is 175 Å². The standard InChI is InChI=1S/C21H23ClN2O3.ClH/c1-14-8-9-19(16(22)11-14)27-13-15(25)12-24-18-6-3-2-5-17(18)23-21(24)20-7-4-10-26-20;/h2-3,5-6,8-9,11,15,20,25H,4,7,10,12-13H2,1H3;1H. The smallest absolute Gasteiger partial charge is 0.139 e. The van der Waals surface area contributed by atoms with Gasteiger partial charge in [-0.2, -0.15) is 0 Å². The summed E-state index contributed by atoms with van der Waals surface area (Å²) >= 11 is 6.21. The molecule has 3 aromatic rings. The predicted molar refractivity (Wildman–Crippen MR) is 113 cm³/mol. The molecule has 2 aromatic carbocycles. The average Bonchev–Trinajstić information content (AvgIpc) is 3.29.